The average Bonchev–Trinajstić information content (AvgIpc) is 2.06. The average molecular weight is 188 g/mol. The van der Waals surface area contributed by atoms with Crippen molar-refractivity contribution >= 4 is 8.15 Å². The Morgan fingerprint density at radius 3 is 2.58 bits per heavy atom. The molecule has 0 aliphatic carbocycles. The molecule has 0 spiro atoms. The number of allylic oxidation sites excluding steroid dienone is 1. The quantitative estimate of drug-likeness (QED) is 0.320. The van der Waals surface area contributed by atoms with E-state index < -0.39 is 0 Å². The molecule has 1 atom stereocenters. The molecule has 0 fully saturated rings. The van der Waals surface area contributed by atoms with E-state index in [0.29, 0.717) is 0 Å². The highest BCUT2D eigenvalue weighted by Gasteiger charge is 2.05. The third-order valence-corrected chi connectivity index (χ3v) is 3.98. The van der Waals surface area contributed by atoms with Crippen LogP contribution >= 0.6 is 8.15 Å². The number of unbranched alkanes of at least 4 members (excludes halogenated alkanes) is 1. The summed E-state index contributed by atoms with van der Waals surface area (Å²) in [6, 6.07) is 0. The molecular weight excluding hydrogens is 167 g/mol. The summed E-state index contributed by atoms with van der Waals surface area (Å²) in [6.07, 6.45) is 8.14. The van der Waals surface area contributed by atoms with Crippen molar-refractivity contribution in [1.82, 2.24) is 0 Å². The summed E-state index contributed by atoms with van der Waals surface area (Å²) in [6.45, 7) is 8.90. The van der Waals surface area contributed by atoms with Crippen LogP contribution in [0.1, 0.15) is 33.1 Å². The van der Waals surface area contributed by atoms with Gasteiger partial charge in [-0.05, 0) is 32.1 Å². The van der Waals surface area contributed by atoms with Crippen molar-refractivity contribution in [2.75, 3.05) is 18.9 Å². The summed E-state index contributed by atoms with van der Waals surface area (Å²) in [5.74, 6) is 0. The van der Waals surface area contributed by atoms with E-state index in [-0.39, 0.29) is 8.15 Å². The second-order valence-electron chi connectivity index (χ2n) is 2.78. The third kappa shape index (κ3) is 6.82. The molecule has 1 nitrogen and oxygen atoms in total. The van der Waals surface area contributed by atoms with Gasteiger partial charge in [0.25, 0.3) is 0 Å². The van der Waals surface area contributed by atoms with Gasteiger partial charge in [0.15, 0.2) is 0 Å². The molecule has 0 heterocycles. The molecule has 0 aliphatic rings. The van der Waals surface area contributed by atoms with E-state index in [2.05, 4.69) is 20.4 Å². The van der Waals surface area contributed by atoms with E-state index in [9.17, 15) is 0 Å². The van der Waals surface area contributed by atoms with Crippen molar-refractivity contribution in [2.24, 2.45) is 0 Å². The summed E-state index contributed by atoms with van der Waals surface area (Å²) < 4.78 is 5.66. The summed E-state index contributed by atoms with van der Waals surface area (Å²) in [7, 11) is -0.120. The smallest absolute Gasteiger partial charge is 0.0480 e. The predicted molar refractivity (Wildman–Crippen MR) is 58.0 cm³/mol. The highest BCUT2D eigenvalue weighted by molar-refractivity contribution is 7.52. The van der Waals surface area contributed by atoms with E-state index in [1.165, 1.54) is 25.2 Å². The monoisotopic (exact) mass is 188 g/mol. The first-order valence-corrected chi connectivity index (χ1v) is 6.46. The van der Waals surface area contributed by atoms with Gasteiger partial charge >= 0.3 is 0 Å². The van der Waals surface area contributed by atoms with Crippen LogP contribution in [-0.2, 0) is 4.52 Å². The lowest BCUT2D eigenvalue weighted by Crippen LogP contribution is -1.94. The minimum absolute atomic E-state index is 0.120. The molecule has 0 aliphatic heterocycles. The van der Waals surface area contributed by atoms with Gasteiger partial charge in [-0.25, -0.2) is 0 Å². The fourth-order valence-corrected chi connectivity index (χ4v) is 2.97. The van der Waals surface area contributed by atoms with Crippen LogP contribution in [0, 0.1) is 0 Å². The van der Waals surface area contributed by atoms with E-state index in [4.69, 9.17) is 4.52 Å². The Morgan fingerprint density at radius 2 is 2.08 bits per heavy atom. The minimum Gasteiger partial charge on any atom is -0.360 e. The maximum atomic E-state index is 5.66. The maximum Gasteiger partial charge on any atom is 0.0480 e. The largest absolute Gasteiger partial charge is 0.360 e. The van der Waals surface area contributed by atoms with E-state index in [1.54, 1.807) is 0 Å². The lowest BCUT2D eigenvalue weighted by Gasteiger charge is -2.15. The zero-order valence-electron chi connectivity index (χ0n) is 8.38. The molecule has 72 valence electrons. The van der Waals surface area contributed by atoms with Crippen LogP contribution in [0.4, 0.5) is 0 Å². The standard InChI is InChI=1S/C10H21OP/c1-4-7-8-10-12(9-5-2)11-6-3/h4H,1,5-10H2,2-3H3. The first kappa shape index (κ1) is 12.1. The highest BCUT2D eigenvalue weighted by Crippen LogP contribution is 2.38. The molecule has 0 saturated heterocycles. The number of hydrogen-bond acceptors (Lipinski definition) is 1. The summed E-state index contributed by atoms with van der Waals surface area (Å²) >= 11 is 0. The van der Waals surface area contributed by atoms with Crippen molar-refractivity contribution in [3.8, 4) is 0 Å². The second kappa shape index (κ2) is 9.22. The molecule has 0 saturated carbocycles. The highest BCUT2D eigenvalue weighted by atomic mass is 31.1. The van der Waals surface area contributed by atoms with Gasteiger partial charge in [0.1, 0.15) is 0 Å². The number of rotatable bonds is 8. The molecule has 0 aromatic rings. The Bertz CT molecular complexity index is 98.0. The summed E-state index contributed by atoms with van der Waals surface area (Å²) in [5, 5.41) is 0. The predicted octanol–water partition coefficient (Wildman–Crippen LogP) is 3.80. The fraction of sp³-hybridized carbons (Fsp3) is 0.800. The summed E-state index contributed by atoms with van der Waals surface area (Å²) in [5.41, 5.74) is 0. The maximum absolute atomic E-state index is 5.66. The molecule has 0 bridgehead atoms. The minimum atomic E-state index is -0.120. The molecule has 0 radical (unpaired) electrons. The van der Waals surface area contributed by atoms with Crippen molar-refractivity contribution < 1.29 is 4.52 Å². The van der Waals surface area contributed by atoms with Gasteiger partial charge in [0.05, 0.1) is 0 Å². The second-order valence-corrected chi connectivity index (χ2v) is 4.89. The van der Waals surface area contributed by atoms with Crippen LogP contribution in [0.15, 0.2) is 12.7 Å². The van der Waals surface area contributed by atoms with Gasteiger partial charge in [-0.2, -0.15) is 0 Å². The Morgan fingerprint density at radius 1 is 1.33 bits per heavy atom. The van der Waals surface area contributed by atoms with Crippen LogP contribution in [0.3, 0.4) is 0 Å². The Hall–Kier alpha value is 0.130. The SMILES string of the molecule is C=CCCCP(CCC)OCC. The first-order valence-electron chi connectivity index (χ1n) is 4.83. The molecule has 0 aromatic carbocycles. The summed E-state index contributed by atoms with van der Waals surface area (Å²) in [4.78, 5) is 0. The first-order chi connectivity index (χ1) is 5.85. The molecule has 0 amide bonds. The van der Waals surface area contributed by atoms with E-state index in [1.807, 2.05) is 6.08 Å². The molecule has 12 heavy (non-hydrogen) atoms. The Balaban J connectivity index is 3.40. The molecule has 0 N–H and O–H groups in total. The van der Waals surface area contributed by atoms with Crippen LogP contribution in [-0.4, -0.2) is 18.9 Å². The molecule has 0 aromatic heterocycles. The zero-order valence-corrected chi connectivity index (χ0v) is 9.28. The van der Waals surface area contributed by atoms with Crippen molar-refractivity contribution in [3.05, 3.63) is 12.7 Å². The van der Waals surface area contributed by atoms with Crippen LogP contribution in [0.5, 0.6) is 0 Å². The zero-order chi connectivity index (χ0) is 9.23. The van der Waals surface area contributed by atoms with Crippen LogP contribution < -0.4 is 0 Å². The molecular formula is C10H21OP. The van der Waals surface area contributed by atoms with Crippen molar-refractivity contribution in [3.63, 3.8) is 0 Å². The van der Waals surface area contributed by atoms with Crippen LogP contribution in [0.2, 0.25) is 0 Å². The molecule has 1 unspecified atom stereocenters. The van der Waals surface area contributed by atoms with Gasteiger partial charge in [-0.3, -0.25) is 0 Å². The van der Waals surface area contributed by atoms with Gasteiger partial charge in [-0.1, -0.05) is 19.4 Å². The van der Waals surface area contributed by atoms with Gasteiger partial charge < -0.3 is 4.52 Å². The fourth-order valence-electron chi connectivity index (χ4n) is 1.08. The third-order valence-electron chi connectivity index (χ3n) is 1.60. The lowest BCUT2D eigenvalue weighted by atomic mass is 10.3. The van der Waals surface area contributed by atoms with Crippen molar-refractivity contribution in [2.45, 2.75) is 33.1 Å². The Kier molecular flexibility index (Phi) is 9.32. The Labute approximate surface area is 78.0 Å². The molecule has 2 heteroatoms. The topological polar surface area (TPSA) is 9.23 Å². The lowest BCUT2D eigenvalue weighted by molar-refractivity contribution is 0.376. The van der Waals surface area contributed by atoms with Gasteiger partial charge in [0, 0.05) is 14.8 Å². The van der Waals surface area contributed by atoms with Gasteiger partial charge in [-0.15, -0.1) is 6.58 Å². The number of hydrogen-bond donors (Lipinski definition) is 0. The normalized spacial score (nSPS) is 12.8. The van der Waals surface area contributed by atoms with E-state index >= 15 is 0 Å². The van der Waals surface area contributed by atoms with Gasteiger partial charge in [0.2, 0.25) is 0 Å². The van der Waals surface area contributed by atoms with Crippen LogP contribution in [0.25, 0.3) is 0 Å². The van der Waals surface area contributed by atoms with Crippen molar-refractivity contribution in [1.29, 1.82) is 0 Å². The van der Waals surface area contributed by atoms with E-state index in [0.717, 1.165) is 13.0 Å². The molecule has 0 rings (SSSR count).